The van der Waals surface area contributed by atoms with E-state index in [1.807, 2.05) is 43.3 Å². The maximum Gasteiger partial charge on any atom is 0.189 e. The van der Waals surface area contributed by atoms with Crippen molar-refractivity contribution in [1.82, 2.24) is 15.0 Å². The predicted octanol–water partition coefficient (Wildman–Crippen LogP) is 2.86. The molecule has 3 aromatic rings. The van der Waals surface area contributed by atoms with Gasteiger partial charge in [0, 0.05) is 30.4 Å². The van der Waals surface area contributed by atoms with Crippen molar-refractivity contribution >= 4 is 11.6 Å². The van der Waals surface area contributed by atoms with Gasteiger partial charge < -0.3 is 21.3 Å². The Morgan fingerprint density at radius 3 is 2.73 bits per heavy atom. The average Bonchev–Trinajstić information content (AvgIpc) is 2.82. The van der Waals surface area contributed by atoms with Crippen LogP contribution in [0.15, 0.2) is 55.0 Å². The maximum atomic E-state index is 13.2. The van der Waals surface area contributed by atoms with Crippen LogP contribution < -0.4 is 11.5 Å². The van der Waals surface area contributed by atoms with E-state index in [4.69, 9.17) is 16.2 Å². The molecule has 5 N–H and O–H groups in total. The number of benzene rings is 1. The molecule has 3 heterocycles. The van der Waals surface area contributed by atoms with Crippen LogP contribution >= 0.6 is 0 Å². The Morgan fingerprint density at radius 2 is 2.00 bits per heavy atom. The lowest BCUT2D eigenvalue weighted by Crippen LogP contribution is -2.59. The van der Waals surface area contributed by atoms with Gasteiger partial charge >= 0.3 is 0 Å². The van der Waals surface area contributed by atoms with E-state index < -0.39 is 17.7 Å². The molecule has 1 aromatic carbocycles. The average molecular weight is 448 g/mol. The SMILES string of the molecule is CC[C@H]1O[C@@H](c2ccncc2CC(=O)c2nc(-c3ccccc3)cnc2N)C[C@@H](N)[C@]1(C)O. The van der Waals surface area contributed by atoms with E-state index in [1.165, 1.54) is 0 Å². The van der Waals surface area contributed by atoms with Gasteiger partial charge in [-0.15, -0.1) is 0 Å². The number of ether oxygens (including phenoxy) is 1. The van der Waals surface area contributed by atoms with Gasteiger partial charge in [-0.25, -0.2) is 9.97 Å². The van der Waals surface area contributed by atoms with Gasteiger partial charge in [-0.1, -0.05) is 37.3 Å². The molecule has 4 rings (SSSR count). The molecule has 0 amide bonds. The third kappa shape index (κ3) is 4.64. The largest absolute Gasteiger partial charge is 0.386 e. The van der Waals surface area contributed by atoms with Crippen LogP contribution in [-0.4, -0.2) is 43.6 Å². The van der Waals surface area contributed by atoms with Gasteiger partial charge in [0.05, 0.1) is 24.1 Å². The summed E-state index contributed by atoms with van der Waals surface area (Å²) in [6.07, 6.45) is 5.21. The summed E-state index contributed by atoms with van der Waals surface area (Å²) >= 11 is 0. The highest BCUT2D eigenvalue weighted by atomic mass is 16.5. The maximum absolute atomic E-state index is 13.2. The number of Topliss-reactive ketones (excluding diaryl/α,β-unsaturated/α-hetero) is 1. The molecule has 1 aliphatic rings. The van der Waals surface area contributed by atoms with Crippen LogP contribution in [0.2, 0.25) is 0 Å². The molecule has 0 bridgehead atoms. The first-order chi connectivity index (χ1) is 15.8. The molecule has 2 aromatic heterocycles. The molecule has 4 atom stereocenters. The van der Waals surface area contributed by atoms with Crippen LogP contribution in [0.4, 0.5) is 5.82 Å². The van der Waals surface area contributed by atoms with Gasteiger partial charge in [0.2, 0.25) is 0 Å². The zero-order valence-electron chi connectivity index (χ0n) is 18.8. The van der Waals surface area contributed by atoms with Gasteiger partial charge in [-0.2, -0.15) is 0 Å². The van der Waals surface area contributed by atoms with Crippen molar-refractivity contribution in [3.05, 3.63) is 71.8 Å². The number of nitrogen functional groups attached to an aromatic ring is 1. The second-order valence-corrected chi connectivity index (χ2v) is 8.62. The van der Waals surface area contributed by atoms with Gasteiger partial charge in [0.15, 0.2) is 11.6 Å². The van der Waals surface area contributed by atoms with Crippen LogP contribution in [0.3, 0.4) is 0 Å². The lowest BCUT2D eigenvalue weighted by Gasteiger charge is -2.45. The Balaban J connectivity index is 1.61. The molecule has 33 heavy (non-hydrogen) atoms. The number of pyridine rings is 1. The Morgan fingerprint density at radius 1 is 1.24 bits per heavy atom. The van der Waals surface area contributed by atoms with E-state index in [9.17, 15) is 9.90 Å². The molecule has 0 unspecified atom stereocenters. The third-order valence-electron chi connectivity index (χ3n) is 6.34. The number of nitrogens with two attached hydrogens (primary N) is 2. The molecule has 0 spiro atoms. The number of aliphatic hydroxyl groups is 1. The van der Waals surface area contributed by atoms with Gasteiger partial charge in [0.25, 0.3) is 0 Å². The van der Waals surface area contributed by atoms with E-state index in [1.54, 1.807) is 25.5 Å². The first-order valence-electron chi connectivity index (χ1n) is 11.1. The molecule has 1 saturated heterocycles. The highest BCUT2D eigenvalue weighted by molar-refractivity contribution is 5.99. The zero-order valence-corrected chi connectivity index (χ0v) is 18.8. The molecule has 172 valence electrons. The second kappa shape index (κ2) is 9.35. The highest BCUT2D eigenvalue weighted by Gasteiger charge is 2.45. The molecule has 8 nitrogen and oxygen atoms in total. The summed E-state index contributed by atoms with van der Waals surface area (Å²) in [5.74, 6) is -0.172. The number of ketones is 1. The van der Waals surface area contributed by atoms with Crippen LogP contribution in [0.5, 0.6) is 0 Å². The molecule has 0 radical (unpaired) electrons. The van der Waals surface area contributed by atoms with Crippen LogP contribution in [-0.2, 0) is 11.2 Å². The van der Waals surface area contributed by atoms with E-state index in [0.29, 0.717) is 24.1 Å². The normalized spacial score (nSPS) is 25.0. The predicted molar refractivity (Wildman–Crippen MR) is 125 cm³/mol. The van der Waals surface area contributed by atoms with Crippen molar-refractivity contribution in [3.63, 3.8) is 0 Å². The number of carbonyl (C=O) groups is 1. The Kier molecular flexibility index (Phi) is 6.51. The van der Waals surface area contributed by atoms with E-state index in [-0.39, 0.29) is 29.8 Å². The van der Waals surface area contributed by atoms with Gasteiger partial charge in [-0.3, -0.25) is 9.78 Å². The van der Waals surface area contributed by atoms with Crippen molar-refractivity contribution in [2.24, 2.45) is 5.73 Å². The van der Waals surface area contributed by atoms with Crippen molar-refractivity contribution < 1.29 is 14.6 Å². The topological polar surface area (TPSA) is 137 Å². The Hall–Kier alpha value is -3.20. The third-order valence-corrected chi connectivity index (χ3v) is 6.34. The zero-order chi connectivity index (χ0) is 23.6. The first kappa shape index (κ1) is 23.0. The molecule has 1 aliphatic heterocycles. The van der Waals surface area contributed by atoms with Gasteiger partial charge in [-0.05, 0) is 37.0 Å². The number of anilines is 1. The fourth-order valence-electron chi connectivity index (χ4n) is 4.32. The molecule has 0 saturated carbocycles. The standard InChI is InChI=1S/C25H29N5O3/c1-3-22-25(2,32)21(26)12-20(33-22)17-9-10-28-13-16(17)11-19(31)23-24(27)29-14-18(30-23)15-7-5-4-6-8-15/h4-10,13-14,20-22,32H,3,11-12,26H2,1-2H3,(H2,27,29)/t20-,21-,22-,25+/m1/s1. The molecular formula is C25H29N5O3. The molecular weight excluding hydrogens is 418 g/mol. The lowest BCUT2D eigenvalue weighted by molar-refractivity contribution is -0.179. The van der Waals surface area contributed by atoms with Crippen molar-refractivity contribution in [2.75, 3.05) is 5.73 Å². The number of aromatic nitrogens is 3. The Labute approximate surface area is 193 Å². The van der Waals surface area contributed by atoms with E-state index >= 15 is 0 Å². The van der Waals surface area contributed by atoms with E-state index in [2.05, 4.69) is 15.0 Å². The van der Waals surface area contributed by atoms with Crippen LogP contribution in [0.1, 0.15) is 54.4 Å². The fourth-order valence-corrected chi connectivity index (χ4v) is 4.32. The van der Waals surface area contributed by atoms with Crippen LogP contribution in [0, 0.1) is 0 Å². The van der Waals surface area contributed by atoms with Crippen molar-refractivity contribution in [3.8, 4) is 11.3 Å². The summed E-state index contributed by atoms with van der Waals surface area (Å²) in [7, 11) is 0. The van der Waals surface area contributed by atoms with Crippen molar-refractivity contribution in [2.45, 2.75) is 57.0 Å². The highest BCUT2D eigenvalue weighted by Crippen LogP contribution is 2.38. The number of rotatable bonds is 6. The first-order valence-corrected chi connectivity index (χ1v) is 11.1. The number of hydrogen-bond acceptors (Lipinski definition) is 8. The summed E-state index contributed by atoms with van der Waals surface area (Å²) in [6, 6.07) is 10.9. The number of nitrogens with zero attached hydrogens (tertiary/aromatic N) is 3. The quantitative estimate of drug-likeness (QED) is 0.491. The Bertz CT molecular complexity index is 1140. The second-order valence-electron chi connectivity index (χ2n) is 8.62. The minimum absolute atomic E-state index is 0.0442. The minimum atomic E-state index is -1.11. The van der Waals surface area contributed by atoms with E-state index in [0.717, 1.165) is 11.1 Å². The molecule has 8 heteroatoms. The number of carbonyl (C=O) groups excluding carboxylic acids is 1. The molecule has 0 aliphatic carbocycles. The fraction of sp³-hybridized carbons (Fsp3) is 0.360. The van der Waals surface area contributed by atoms with Crippen molar-refractivity contribution in [1.29, 1.82) is 0 Å². The lowest BCUT2D eigenvalue weighted by atomic mass is 9.81. The summed E-state index contributed by atoms with van der Waals surface area (Å²) < 4.78 is 6.21. The van der Waals surface area contributed by atoms with Gasteiger partial charge in [0.1, 0.15) is 11.3 Å². The summed E-state index contributed by atoms with van der Waals surface area (Å²) in [6.45, 7) is 3.66. The molecule has 1 fully saturated rings. The summed E-state index contributed by atoms with van der Waals surface area (Å²) in [4.78, 5) is 26.1. The summed E-state index contributed by atoms with van der Waals surface area (Å²) in [5.41, 5.74) is 14.3. The monoisotopic (exact) mass is 447 g/mol. The minimum Gasteiger partial charge on any atom is -0.386 e. The number of hydrogen-bond donors (Lipinski definition) is 3. The smallest absolute Gasteiger partial charge is 0.189 e. The van der Waals surface area contributed by atoms with Crippen LogP contribution in [0.25, 0.3) is 11.3 Å². The summed E-state index contributed by atoms with van der Waals surface area (Å²) in [5, 5.41) is 10.7.